The molecule has 1 amide bonds. The number of carboxylic acids is 1. The van der Waals surface area contributed by atoms with Crippen LogP contribution in [0.4, 0.5) is 4.79 Å². The molecule has 0 saturated carbocycles. The zero-order valence-electron chi connectivity index (χ0n) is 12.5. The molecule has 7 heteroatoms. The first-order chi connectivity index (χ1) is 9.78. The van der Waals surface area contributed by atoms with E-state index >= 15 is 0 Å². The number of ether oxygens (including phenoxy) is 1. The van der Waals surface area contributed by atoms with Crippen LogP contribution in [0.15, 0.2) is 10.8 Å². The molecule has 116 valence electrons. The maximum absolute atomic E-state index is 12.0. The van der Waals surface area contributed by atoms with Crippen LogP contribution in [-0.2, 0) is 4.74 Å². The van der Waals surface area contributed by atoms with Crippen LogP contribution in [0.2, 0.25) is 0 Å². The Balaban J connectivity index is 1.96. The Bertz CT molecular complexity index is 524. The molecule has 0 aromatic carbocycles. The van der Waals surface area contributed by atoms with Crippen molar-refractivity contribution in [3.8, 4) is 0 Å². The molecule has 0 atom stereocenters. The van der Waals surface area contributed by atoms with Crippen molar-refractivity contribution in [2.75, 3.05) is 13.1 Å². The SMILES string of the molecule is CC(C)(C)OC(=O)N1CCC(c2ocnc2C(=O)O)CC1. The molecule has 0 radical (unpaired) electrons. The number of oxazole rings is 1. The predicted molar refractivity (Wildman–Crippen MR) is 73.2 cm³/mol. The van der Waals surface area contributed by atoms with Gasteiger partial charge < -0.3 is 19.2 Å². The number of hydrogen-bond acceptors (Lipinski definition) is 5. The first-order valence-corrected chi connectivity index (χ1v) is 6.92. The van der Waals surface area contributed by atoms with Gasteiger partial charge in [-0.1, -0.05) is 0 Å². The smallest absolute Gasteiger partial charge is 0.410 e. The Labute approximate surface area is 122 Å². The zero-order valence-corrected chi connectivity index (χ0v) is 12.5. The Kier molecular flexibility index (Phi) is 4.20. The molecule has 7 nitrogen and oxygen atoms in total. The fraction of sp³-hybridized carbons (Fsp3) is 0.643. The Hall–Kier alpha value is -2.05. The van der Waals surface area contributed by atoms with E-state index in [2.05, 4.69) is 4.98 Å². The van der Waals surface area contributed by atoms with Crippen molar-refractivity contribution in [2.45, 2.75) is 45.1 Å². The van der Waals surface area contributed by atoms with Crippen molar-refractivity contribution >= 4 is 12.1 Å². The van der Waals surface area contributed by atoms with Crippen LogP contribution < -0.4 is 0 Å². The molecule has 2 rings (SSSR count). The molecule has 0 spiro atoms. The summed E-state index contributed by atoms with van der Waals surface area (Å²) in [4.78, 5) is 28.4. The van der Waals surface area contributed by atoms with Crippen LogP contribution in [0, 0.1) is 0 Å². The van der Waals surface area contributed by atoms with E-state index in [-0.39, 0.29) is 17.7 Å². The highest BCUT2D eigenvalue weighted by atomic mass is 16.6. The van der Waals surface area contributed by atoms with Crippen molar-refractivity contribution in [3.05, 3.63) is 17.8 Å². The lowest BCUT2D eigenvalue weighted by atomic mass is 9.93. The first-order valence-electron chi connectivity index (χ1n) is 6.92. The number of aromatic nitrogens is 1. The van der Waals surface area contributed by atoms with Crippen molar-refractivity contribution in [2.24, 2.45) is 0 Å². The Morgan fingerprint density at radius 3 is 2.52 bits per heavy atom. The number of amides is 1. The summed E-state index contributed by atoms with van der Waals surface area (Å²) in [6, 6.07) is 0. The number of carbonyl (C=O) groups excluding carboxylic acids is 1. The maximum atomic E-state index is 12.0. The topological polar surface area (TPSA) is 92.9 Å². The van der Waals surface area contributed by atoms with Crippen molar-refractivity contribution in [1.82, 2.24) is 9.88 Å². The van der Waals surface area contributed by atoms with Crippen molar-refractivity contribution in [3.63, 3.8) is 0 Å². The average molecular weight is 296 g/mol. The fourth-order valence-corrected chi connectivity index (χ4v) is 2.36. The summed E-state index contributed by atoms with van der Waals surface area (Å²) in [5, 5.41) is 9.05. The highest BCUT2D eigenvalue weighted by Gasteiger charge is 2.31. The molecule has 1 aliphatic rings. The number of hydrogen-bond donors (Lipinski definition) is 1. The maximum Gasteiger partial charge on any atom is 0.410 e. The van der Waals surface area contributed by atoms with Crippen LogP contribution in [0.25, 0.3) is 0 Å². The van der Waals surface area contributed by atoms with E-state index in [4.69, 9.17) is 14.3 Å². The summed E-state index contributed by atoms with van der Waals surface area (Å²) in [5.74, 6) is -0.725. The molecule has 21 heavy (non-hydrogen) atoms. The van der Waals surface area contributed by atoms with E-state index in [9.17, 15) is 9.59 Å². The van der Waals surface area contributed by atoms with Gasteiger partial charge in [0.25, 0.3) is 0 Å². The number of piperidine rings is 1. The van der Waals surface area contributed by atoms with Gasteiger partial charge in [-0.05, 0) is 33.6 Å². The molecule has 1 aromatic rings. The molecular weight excluding hydrogens is 276 g/mol. The Morgan fingerprint density at radius 1 is 1.38 bits per heavy atom. The zero-order chi connectivity index (χ0) is 15.6. The standard InChI is InChI=1S/C14H20N2O5/c1-14(2,3)21-13(19)16-6-4-9(5-7-16)11-10(12(17)18)15-8-20-11/h8-9H,4-7H2,1-3H3,(H,17,18). The second-order valence-corrected chi connectivity index (χ2v) is 6.11. The summed E-state index contributed by atoms with van der Waals surface area (Å²) in [6.45, 7) is 6.50. The minimum Gasteiger partial charge on any atom is -0.476 e. The van der Waals surface area contributed by atoms with Gasteiger partial charge >= 0.3 is 12.1 Å². The van der Waals surface area contributed by atoms with E-state index in [1.807, 2.05) is 20.8 Å². The lowest BCUT2D eigenvalue weighted by Gasteiger charge is -2.32. The van der Waals surface area contributed by atoms with E-state index in [1.165, 1.54) is 0 Å². The van der Waals surface area contributed by atoms with E-state index < -0.39 is 11.6 Å². The van der Waals surface area contributed by atoms with Gasteiger partial charge in [0.05, 0.1) is 0 Å². The summed E-state index contributed by atoms with van der Waals surface area (Å²) in [7, 11) is 0. The van der Waals surface area contributed by atoms with E-state index in [0.717, 1.165) is 6.39 Å². The number of carbonyl (C=O) groups is 2. The van der Waals surface area contributed by atoms with Crippen molar-refractivity contribution in [1.29, 1.82) is 0 Å². The fourth-order valence-electron chi connectivity index (χ4n) is 2.36. The van der Waals surface area contributed by atoms with Crippen LogP contribution in [0.1, 0.15) is 55.8 Å². The van der Waals surface area contributed by atoms with Crippen LogP contribution in [0.3, 0.4) is 0 Å². The van der Waals surface area contributed by atoms with Gasteiger partial charge in [-0.3, -0.25) is 0 Å². The molecule has 0 unspecified atom stereocenters. The third kappa shape index (κ3) is 3.74. The predicted octanol–water partition coefficient (Wildman–Crippen LogP) is 2.49. The largest absolute Gasteiger partial charge is 0.476 e. The minimum absolute atomic E-state index is 0.0303. The first kappa shape index (κ1) is 15.3. The third-order valence-electron chi connectivity index (χ3n) is 3.31. The van der Waals surface area contributed by atoms with Crippen LogP contribution in [-0.4, -0.2) is 45.7 Å². The van der Waals surface area contributed by atoms with Crippen LogP contribution >= 0.6 is 0 Å². The number of likely N-dealkylation sites (tertiary alicyclic amines) is 1. The molecule has 1 aromatic heterocycles. The van der Waals surface area contributed by atoms with E-state index in [1.54, 1.807) is 4.90 Å². The van der Waals surface area contributed by atoms with Crippen molar-refractivity contribution < 1.29 is 23.8 Å². The number of rotatable bonds is 2. The third-order valence-corrected chi connectivity index (χ3v) is 3.31. The summed E-state index contributed by atoms with van der Waals surface area (Å²) in [6.07, 6.45) is 2.08. The highest BCUT2D eigenvalue weighted by molar-refractivity contribution is 5.86. The van der Waals surface area contributed by atoms with Gasteiger partial charge in [0.15, 0.2) is 12.1 Å². The normalized spacial score (nSPS) is 16.8. The lowest BCUT2D eigenvalue weighted by Crippen LogP contribution is -2.41. The van der Waals surface area contributed by atoms with Gasteiger partial charge in [-0.15, -0.1) is 0 Å². The second-order valence-electron chi connectivity index (χ2n) is 6.11. The molecule has 1 aliphatic heterocycles. The van der Waals surface area contributed by atoms with Gasteiger partial charge in [0.2, 0.25) is 0 Å². The molecular formula is C14H20N2O5. The second kappa shape index (κ2) is 5.75. The number of carboxylic acid groups (broad SMARTS) is 1. The van der Waals surface area contributed by atoms with Crippen LogP contribution in [0.5, 0.6) is 0 Å². The summed E-state index contributed by atoms with van der Waals surface area (Å²) in [5.41, 5.74) is -0.555. The average Bonchev–Trinajstić information content (AvgIpc) is 2.86. The summed E-state index contributed by atoms with van der Waals surface area (Å²) >= 11 is 0. The molecule has 1 saturated heterocycles. The number of nitrogens with zero attached hydrogens (tertiary/aromatic N) is 2. The highest BCUT2D eigenvalue weighted by Crippen LogP contribution is 2.30. The number of aromatic carboxylic acids is 1. The Morgan fingerprint density at radius 2 is 2.00 bits per heavy atom. The van der Waals surface area contributed by atoms with Gasteiger partial charge in [0.1, 0.15) is 11.4 Å². The molecule has 1 fully saturated rings. The molecule has 0 aliphatic carbocycles. The quantitative estimate of drug-likeness (QED) is 0.901. The van der Waals surface area contributed by atoms with Gasteiger partial charge in [-0.2, -0.15) is 0 Å². The molecule has 1 N–H and O–H groups in total. The molecule has 2 heterocycles. The monoisotopic (exact) mass is 296 g/mol. The molecule has 0 bridgehead atoms. The van der Waals surface area contributed by atoms with Gasteiger partial charge in [-0.25, -0.2) is 14.6 Å². The van der Waals surface area contributed by atoms with Gasteiger partial charge in [0, 0.05) is 19.0 Å². The summed E-state index contributed by atoms with van der Waals surface area (Å²) < 4.78 is 10.5. The van der Waals surface area contributed by atoms with E-state index in [0.29, 0.717) is 31.7 Å². The minimum atomic E-state index is -1.09. The lowest BCUT2D eigenvalue weighted by molar-refractivity contribution is 0.0199.